The highest BCUT2D eigenvalue weighted by atomic mass is 19.1. The van der Waals surface area contributed by atoms with Gasteiger partial charge in [0.2, 0.25) is 5.88 Å². The molecule has 0 spiro atoms. The average Bonchev–Trinajstić information content (AvgIpc) is 2.64. The summed E-state index contributed by atoms with van der Waals surface area (Å²) >= 11 is 0. The van der Waals surface area contributed by atoms with Gasteiger partial charge < -0.3 is 4.74 Å². The lowest BCUT2D eigenvalue weighted by Crippen LogP contribution is -2.19. The largest absolute Gasteiger partial charge is 0.435 e. The second-order valence-corrected chi connectivity index (χ2v) is 5.33. The molecular formula is C19H11FN4O2. The van der Waals surface area contributed by atoms with Crippen molar-refractivity contribution in [3.8, 4) is 23.8 Å². The smallest absolute Gasteiger partial charge is 0.269 e. The summed E-state index contributed by atoms with van der Waals surface area (Å²) in [6.07, 6.45) is 2.60. The molecule has 0 amide bonds. The molecule has 6 nitrogen and oxygen atoms in total. The zero-order valence-electron chi connectivity index (χ0n) is 13.6. The van der Waals surface area contributed by atoms with Gasteiger partial charge in [-0.25, -0.2) is 4.39 Å². The number of fused-ring (bicyclic) bond motifs is 1. The number of para-hydroxylation sites is 1. The van der Waals surface area contributed by atoms with Gasteiger partial charge in [0.05, 0.1) is 0 Å². The zero-order chi connectivity index (χ0) is 18.7. The van der Waals surface area contributed by atoms with E-state index in [1.165, 1.54) is 28.8 Å². The van der Waals surface area contributed by atoms with Crippen molar-refractivity contribution < 1.29 is 9.13 Å². The van der Waals surface area contributed by atoms with Crippen LogP contribution >= 0.6 is 0 Å². The number of allylic oxidation sites excluding steroid dienone is 1. The van der Waals surface area contributed by atoms with Crippen LogP contribution in [0.3, 0.4) is 0 Å². The van der Waals surface area contributed by atoms with E-state index in [1.807, 2.05) is 0 Å². The Morgan fingerprint density at radius 3 is 2.65 bits per heavy atom. The first-order chi connectivity index (χ1) is 12.5. The summed E-state index contributed by atoms with van der Waals surface area (Å²) in [5.74, 6) is -0.935. The number of rotatable bonds is 3. The van der Waals surface area contributed by atoms with E-state index in [-0.39, 0.29) is 22.8 Å². The maximum Gasteiger partial charge on any atom is 0.269 e. The molecule has 2 aromatic heterocycles. The molecule has 0 radical (unpaired) electrons. The average molecular weight is 346 g/mol. The minimum Gasteiger partial charge on any atom is -0.435 e. The predicted octanol–water partition coefficient (Wildman–Crippen LogP) is 3.36. The summed E-state index contributed by atoms with van der Waals surface area (Å²) in [6, 6.07) is 12.5. The van der Waals surface area contributed by atoms with Gasteiger partial charge in [0.25, 0.3) is 5.56 Å². The van der Waals surface area contributed by atoms with Crippen molar-refractivity contribution in [1.82, 2.24) is 9.38 Å². The Hall–Kier alpha value is -3.97. The fourth-order valence-corrected chi connectivity index (χ4v) is 2.36. The molecule has 0 saturated carbocycles. The van der Waals surface area contributed by atoms with Crippen LogP contribution in [-0.4, -0.2) is 9.38 Å². The van der Waals surface area contributed by atoms with E-state index in [1.54, 1.807) is 37.3 Å². The number of nitrogens with zero attached hydrogens (tertiary/aromatic N) is 4. The van der Waals surface area contributed by atoms with E-state index >= 15 is 0 Å². The summed E-state index contributed by atoms with van der Waals surface area (Å²) in [4.78, 5) is 17.1. The minimum absolute atomic E-state index is 0.116. The fraction of sp³-hybridized carbons (Fsp3) is 0.0526. The Bertz CT molecular complexity index is 1170. The number of hydrogen-bond acceptors (Lipinski definition) is 5. The summed E-state index contributed by atoms with van der Waals surface area (Å²) in [5, 5.41) is 18.0. The molecule has 0 fully saturated rings. The lowest BCUT2D eigenvalue weighted by Gasteiger charge is -2.11. The first kappa shape index (κ1) is 16.9. The number of nitriles is 2. The second kappa shape index (κ2) is 6.88. The maximum absolute atomic E-state index is 13.9. The Kier molecular flexibility index (Phi) is 4.46. The van der Waals surface area contributed by atoms with Crippen LogP contribution < -0.4 is 10.3 Å². The van der Waals surface area contributed by atoms with Crippen molar-refractivity contribution in [3.63, 3.8) is 0 Å². The lowest BCUT2D eigenvalue weighted by atomic mass is 10.2. The van der Waals surface area contributed by atoms with Crippen LogP contribution in [-0.2, 0) is 0 Å². The van der Waals surface area contributed by atoms with Crippen LogP contribution in [0.4, 0.5) is 4.39 Å². The molecule has 2 heterocycles. The number of pyridine rings is 1. The molecule has 0 N–H and O–H groups in total. The van der Waals surface area contributed by atoms with E-state index < -0.39 is 11.4 Å². The molecule has 3 aromatic rings. The third-order valence-electron chi connectivity index (χ3n) is 3.62. The highest BCUT2D eigenvalue weighted by Gasteiger charge is 2.16. The van der Waals surface area contributed by atoms with Gasteiger partial charge in [-0.3, -0.25) is 9.20 Å². The van der Waals surface area contributed by atoms with Gasteiger partial charge in [-0.15, -0.1) is 0 Å². The SMILES string of the molecule is Cc1cccn2c(=O)c(C=C(C#N)C#N)c(Oc3ccccc3F)nc12. The highest BCUT2D eigenvalue weighted by Crippen LogP contribution is 2.26. The van der Waals surface area contributed by atoms with Crippen LogP contribution in [0.5, 0.6) is 11.6 Å². The van der Waals surface area contributed by atoms with E-state index in [0.29, 0.717) is 11.2 Å². The minimum atomic E-state index is -0.630. The van der Waals surface area contributed by atoms with Crippen molar-refractivity contribution in [2.24, 2.45) is 0 Å². The Labute approximate surface area is 147 Å². The normalized spacial score (nSPS) is 10.0. The van der Waals surface area contributed by atoms with Crippen molar-refractivity contribution in [2.75, 3.05) is 0 Å². The van der Waals surface area contributed by atoms with Crippen LogP contribution in [0.25, 0.3) is 11.7 Å². The van der Waals surface area contributed by atoms with E-state index in [9.17, 15) is 9.18 Å². The van der Waals surface area contributed by atoms with Crippen molar-refractivity contribution in [1.29, 1.82) is 10.5 Å². The molecule has 0 bridgehead atoms. The van der Waals surface area contributed by atoms with Gasteiger partial charge in [0.15, 0.2) is 11.6 Å². The number of hydrogen-bond donors (Lipinski definition) is 0. The summed E-state index contributed by atoms with van der Waals surface area (Å²) < 4.78 is 20.7. The van der Waals surface area contributed by atoms with Crippen molar-refractivity contribution >= 4 is 11.7 Å². The molecule has 0 saturated heterocycles. The topological polar surface area (TPSA) is 91.2 Å². The molecule has 0 aliphatic heterocycles. The number of aryl methyl sites for hydroxylation is 1. The van der Waals surface area contributed by atoms with Crippen LogP contribution in [0.15, 0.2) is 53.0 Å². The Morgan fingerprint density at radius 2 is 1.96 bits per heavy atom. The third-order valence-corrected chi connectivity index (χ3v) is 3.62. The molecule has 7 heteroatoms. The Morgan fingerprint density at radius 1 is 1.23 bits per heavy atom. The van der Waals surface area contributed by atoms with Gasteiger partial charge >= 0.3 is 0 Å². The molecule has 3 rings (SSSR count). The number of benzene rings is 1. The second-order valence-electron chi connectivity index (χ2n) is 5.33. The number of ether oxygens (including phenoxy) is 1. The predicted molar refractivity (Wildman–Crippen MR) is 91.9 cm³/mol. The van der Waals surface area contributed by atoms with E-state index in [4.69, 9.17) is 15.3 Å². The third kappa shape index (κ3) is 3.02. The first-order valence-corrected chi connectivity index (χ1v) is 7.51. The van der Waals surface area contributed by atoms with Crippen molar-refractivity contribution in [3.05, 3.63) is 75.5 Å². The van der Waals surface area contributed by atoms with Gasteiger partial charge in [0.1, 0.15) is 28.9 Å². The number of aromatic nitrogens is 2. The van der Waals surface area contributed by atoms with Gasteiger partial charge in [0, 0.05) is 6.20 Å². The van der Waals surface area contributed by atoms with Crippen LogP contribution in [0, 0.1) is 35.4 Å². The zero-order valence-corrected chi connectivity index (χ0v) is 13.6. The monoisotopic (exact) mass is 346 g/mol. The number of halogens is 1. The van der Waals surface area contributed by atoms with Gasteiger partial charge in [-0.05, 0) is 36.8 Å². The molecule has 0 unspecified atom stereocenters. The molecule has 26 heavy (non-hydrogen) atoms. The lowest BCUT2D eigenvalue weighted by molar-refractivity contribution is 0.426. The highest BCUT2D eigenvalue weighted by molar-refractivity contribution is 5.66. The first-order valence-electron chi connectivity index (χ1n) is 7.51. The standard InChI is InChI=1S/C19H11FN4O2/c1-12-5-4-8-24-17(12)23-18(26-16-7-3-2-6-15(16)20)14(19(24)25)9-13(10-21)11-22/h2-9H,1H3. The molecule has 0 aliphatic rings. The van der Waals surface area contributed by atoms with Crippen LogP contribution in [0.2, 0.25) is 0 Å². The molecule has 1 aromatic carbocycles. The van der Waals surface area contributed by atoms with Crippen molar-refractivity contribution in [2.45, 2.75) is 6.92 Å². The van der Waals surface area contributed by atoms with E-state index in [0.717, 1.165) is 6.08 Å². The van der Waals surface area contributed by atoms with E-state index in [2.05, 4.69) is 4.98 Å². The molecule has 126 valence electrons. The Balaban J connectivity index is 2.32. The van der Waals surface area contributed by atoms with Gasteiger partial charge in [-0.1, -0.05) is 18.2 Å². The quantitative estimate of drug-likeness (QED) is 0.678. The molecule has 0 aliphatic carbocycles. The molecule has 0 atom stereocenters. The summed E-state index contributed by atoms with van der Waals surface area (Å²) in [7, 11) is 0. The van der Waals surface area contributed by atoms with Crippen LogP contribution in [0.1, 0.15) is 11.1 Å². The molecular weight excluding hydrogens is 335 g/mol. The summed E-state index contributed by atoms with van der Waals surface area (Å²) in [6.45, 7) is 1.76. The summed E-state index contributed by atoms with van der Waals surface area (Å²) in [5.41, 5.74) is 0.0909. The fourth-order valence-electron chi connectivity index (χ4n) is 2.36. The van der Waals surface area contributed by atoms with Gasteiger partial charge in [-0.2, -0.15) is 15.5 Å². The maximum atomic E-state index is 13.9.